The Kier molecular flexibility index (Phi) is 3.56. The highest BCUT2D eigenvalue weighted by atomic mass is 32.2. The van der Waals surface area contributed by atoms with Crippen LogP contribution in [-0.4, -0.2) is 28.5 Å². The van der Waals surface area contributed by atoms with Crippen LogP contribution in [0.1, 0.15) is 6.42 Å². The van der Waals surface area contributed by atoms with Crippen molar-refractivity contribution in [2.45, 2.75) is 6.42 Å². The molecule has 0 spiro atoms. The quantitative estimate of drug-likeness (QED) is 0.697. The summed E-state index contributed by atoms with van der Waals surface area (Å²) in [6, 6.07) is 5.83. The molecule has 2 rings (SSSR count). The summed E-state index contributed by atoms with van der Waals surface area (Å²) in [6.45, 7) is 0.959. The Morgan fingerprint density at radius 2 is 2.12 bits per heavy atom. The van der Waals surface area contributed by atoms with Gasteiger partial charge < -0.3 is 15.3 Å². The van der Waals surface area contributed by atoms with Crippen LogP contribution in [0, 0.1) is 0 Å². The minimum atomic E-state index is -0.158. The summed E-state index contributed by atoms with van der Waals surface area (Å²) >= 11 is 1.85. The lowest BCUT2D eigenvalue weighted by atomic mass is 10.2. The Balaban J connectivity index is 2.04. The highest BCUT2D eigenvalue weighted by molar-refractivity contribution is 7.98. The van der Waals surface area contributed by atoms with E-state index in [1.54, 1.807) is 0 Å². The molecule has 4 nitrogen and oxygen atoms in total. The van der Waals surface area contributed by atoms with Gasteiger partial charge in [0, 0.05) is 12.2 Å². The van der Waals surface area contributed by atoms with Gasteiger partial charge in [-0.3, -0.25) is 0 Å². The molecule has 0 fully saturated rings. The Bertz CT molecular complexity index is 517. The van der Waals surface area contributed by atoms with Gasteiger partial charge in [-0.25, -0.2) is 4.79 Å². The Morgan fingerprint density at radius 1 is 1.31 bits per heavy atom. The summed E-state index contributed by atoms with van der Waals surface area (Å²) in [5.74, 6) is 1.16. The molecule has 1 heterocycles. The summed E-state index contributed by atoms with van der Waals surface area (Å²) in [7, 11) is 0. The SMILES string of the molecule is CSCCCNc1ccc2[nH]c(=O)[nH]c2c1. The van der Waals surface area contributed by atoms with Crippen LogP contribution >= 0.6 is 11.8 Å². The lowest BCUT2D eigenvalue weighted by Crippen LogP contribution is -2.02. The molecule has 1 aromatic heterocycles. The second-order valence-electron chi connectivity index (χ2n) is 3.61. The molecule has 1 aromatic carbocycles. The molecule has 0 saturated heterocycles. The highest BCUT2D eigenvalue weighted by Crippen LogP contribution is 2.14. The average Bonchev–Trinajstić information content (AvgIpc) is 2.64. The Labute approximate surface area is 97.8 Å². The summed E-state index contributed by atoms with van der Waals surface area (Å²) in [5.41, 5.74) is 2.58. The standard InChI is InChI=1S/C11H15N3OS/c1-16-6-2-5-12-8-3-4-9-10(7-8)14-11(15)13-9/h3-4,7,12H,2,5-6H2,1H3,(H2,13,14,15). The molecule has 0 aliphatic carbocycles. The normalized spacial score (nSPS) is 10.8. The summed E-state index contributed by atoms with van der Waals surface area (Å²) < 4.78 is 0. The van der Waals surface area contributed by atoms with Gasteiger partial charge in [-0.15, -0.1) is 0 Å². The fourth-order valence-corrected chi connectivity index (χ4v) is 2.02. The van der Waals surface area contributed by atoms with Crippen molar-refractivity contribution in [3.05, 3.63) is 28.7 Å². The summed E-state index contributed by atoms with van der Waals surface area (Å²) in [5, 5.41) is 3.33. The molecule has 0 bridgehead atoms. The molecule has 5 heteroatoms. The maximum Gasteiger partial charge on any atom is 0.323 e. The monoisotopic (exact) mass is 237 g/mol. The van der Waals surface area contributed by atoms with Crippen LogP contribution in [0.3, 0.4) is 0 Å². The Hall–Kier alpha value is -1.36. The maximum atomic E-state index is 11.1. The molecule has 0 amide bonds. The van der Waals surface area contributed by atoms with E-state index in [1.165, 1.54) is 0 Å². The van der Waals surface area contributed by atoms with Crippen molar-refractivity contribution in [2.24, 2.45) is 0 Å². The van der Waals surface area contributed by atoms with Crippen LogP contribution < -0.4 is 11.0 Å². The predicted molar refractivity (Wildman–Crippen MR) is 70.4 cm³/mol. The van der Waals surface area contributed by atoms with Crippen molar-refractivity contribution in [3.8, 4) is 0 Å². The van der Waals surface area contributed by atoms with Gasteiger partial charge in [0.1, 0.15) is 0 Å². The number of fused-ring (bicyclic) bond motifs is 1. The molecule has 16 heavy (non-hydrogen) atoms. The minimum Gasteiger partial charge on any atom is -0.385 e. The third-order valence-corrected chi connectivity index (χ3v) is 3.07. The number of anilines is 1. The summed E-state index contributed by atoms with van der Waals surface area (Å²) in [4.78, 5) is 16.5. The summed E-state index contributed by atoms with van der Waals surface area (Å²) in [6.07, 6.45) is 3.25. The van der Waals surface area contributed by atoms with Crippen molar-refractivity contribution in [2.75, 3.05) is 23.9 Å². The number of benzene rings is 1. The Morgan fingerprint density at radius 3 is 2.94 bits per heavy atom. The highest BCUT2D eigenvalue weighted by Gasteiger charge is 1.98. The van der Waals surface area contributed by atoms with Gasteiger partial charge in [0.15, 0.2) is 0 Å². The predicted octanol–water partition coefficient (Wildman–Crippen LogP) is 2.02. The minimum absolute atomic E-state index is 0.158. The van der Waals surface area contributed by atoms with Crippen molar-refractivity contribution >= 4 is 28.5 Å². The molecule has 86 valence electrons. The first-order valence-corrected chi connectivity index (χ1v) is 6.64. The number of nitrogens with one attached hydrogen (secondary N) is 3. The second-order valence-corrected chi connectivity index (χ2v) is 4.60. The maximum absolute atomic E-state index is 11.1. The van der Waals surface area contributed by atoms with E-state index in [4.69, 9.17) is 0 Å². The van der Waals surface area contributed by atoms with Crippen LogP contribution in [0.4, 0.5) is 5.69 Å². The number of aromatic nitrogens is 2. The molecule has 0 radical (unpaired) electrons. The first-order valence-electron chi connectivity index (χ1n) is 5.24. The lowest BCUT2D eigenvalue weighted by molar-refractivity contribution is 0.994. The number of aromatic amines is 2. The van der Waals surface area contributed by atoms with Gasteiger partial charge in [0.25, 0.3) is 0 Å². The largest absolute Gasteiger partial charge is 0.385 e. The molecule has 0 atom stereocenters. The van der Waals surface area contributed by atoms with E-state index in [0.29, 0.717) is 0 Å². The second kappa shape index (κ2) is 5.12. The number of thioether (sulfide) groups is 1. The van der Waals surface area contributed by atoms with E-state index in [9.17, 15) is 4.79 Å². The van der Waals surface area contributed by atoms with Gasteiger partial charge >= 0.3 is 5.69 Å². The van der Waals surface area contributed by atoms with Gasteiger partial charge in [0.05, 0.1) is 11.0 Å². The zero-order valence-electron chi connectivity index (χ0n) is 9.17. The molecule has 0 unspecified atom stereocenters. The van der Waals surface area contributed by atoms with Crippen molar-refractivity contribution < 1.29 is 0 Å². The van der Waals surface area contributed by atoms with E-state index in [-0.39, 0.29) is 5.69 Å². The molecule has 3 N–H and O–H groups in total. The van der Waals surface area contributed by atoms with Gasteiger partial charge in [-0.05, 0) is 36.6 Å². The molecule has 2 aromatic rings. The molecule has 0 aliphatic heterocycles. The molecular weight excluding hydrogens is 222 g/mol. The van der Waals surface area contributed by atoms with E-state index in [1.807, 2.05) is 30.0 Å². The third kappa shape index (κ3) is 2.61. The van der Waals surface area contributed by atoms with Gasteiger partial charge in [-0.2, -0.15) is 11.8 Å². The van der Waals surface area contributed by atoms with Crippen LogP contribution in [0.15, 0.2) is 23.0 Å². The van der Waals surface area contributed by atoms with Gasteiger partial charge in [0.2, 0.25) is 0 Å². The van der Waals surface area contributed by atoms with Crippen LogP contribution in [0.5, 0.6) is 0 Å². The van der Waals surface area contributed by atoms with Gasteiger partial charge in [-0.1, -0.05) is 0 Å². The lowest BCUT2D eigenvalue weighted by Gasteiger charge is -2.05. The van der Waals surface area contributed by atoms with Crippen molar-refractivity contribution in [1.29, 1.82) is 0 Å². The molecule has 0 aliphatic rings. The molecular formula is C11H15N3OS. The number of imidazole rings is 1. The van der Waals surface area contributed by atoms with Crippen LogP contribution in [-0.2, 0) is 0 Å². The van der Waals surface area contributed by atoms with Crippen LogP contribution in [0.25, 0.3) is 11.0 Å². The fourth-order valence-electron chi connectivity index (χ4n) is 1.59. The zero-order chi connectivity index (χ0) is 11.4. The smallest absolute Gasteiger partial charge is 0.323 e. The first kappa shape index (κ1) is 11.1. The van der Waals surface area contributed by atoms with E-state index in [0.717, 1.165) is 35.4 Å². The zero-order valence-corrected chi connectivity index (χ0v) is 9.99. The first-order chi connectivity index (χ1) is 7.79. The topological polar surface area (TPSA) is 60.7 Å². The number of rotatable bonds is 5. The number of H-pyrrole nitrogens is 2. The van der Waals surface area contributed by atoms with E-state index in [2.05, 4.69) is 21.5 Å². The van der Waals surface area contributed by atoms with Crippen molar-refractivity contribution in [3.63, 3.8) is 0 Å². The third-order valence-electron chi connectivity index (χ3n) is 2.37. The van der Waals surface area contributed by atoms with Crippen molar-refractivity contribution in [1.82, 2.24) is 9.97 Å². The number of hydrogen-bond donors (Lipinski definition) is 3. The molecule has 0 saturated carbocycles. The van der Waals surface area contributed by atoms with Crippen LogP contribution in [0.2, 0.25) is 0 Å². The van der Waals surface area contributed by atoms with E-state index < -0.39 is 0 Å². The number of hydrogen-bond acceptors (Lipinski definition) is 3. The average molecular weight is 237 g/mol. The van der Waals surface area contributed by atoms with E-state index >= 15 is 0 Å². The fraction of sp³-hybridized carbons (Fsp3) is 0.364.